The van der Waals surface area contributed by atoms with Gasteiger partial charge in [0.1, 0.15) is 30.0 Å². The Bertz CT molecular complexity index is 1250. The molecule has 0 N–H and O–H groups in total. The van der Waals surface area contributed by atoms with E-state index in [4.69, 9.17) is 28.4 Å². The second kappa shape index (κ2) is 11.4. The molecular formula is C37H42O6. The largest absolute Gasteiger partial charge is 0.352 e. The van der Waals surface area contributed by atoms with E-state index in [9.17, 15) is 0 Å². The summed E-state index contributed by atoms with van der Waals surface area (Å²) in [5, 5.41) is 0. The van der Waals surface area contributed by atoms with Crippen LogP contribution in [0.5, 0.6) is 0 Å². The van der Waals surface area contributed by atoms with Crippen LogP contribution in [0.4, 0.5) is 0 Å². The molecule has 2 saturated carbocycles. The van der Waals surface area contributed by atoms with Gasteiger partial charge in [-0.1, -0.05) is 104 Å². The van der Waals surface area contributed by atoms with Crippen LogP contribution in [-0.2, 0) is 34.0 Å². The van der Waals surface area contributed by atoms with Gasteiger partial charge in [-0.15, -0.1) is 0 Å². The van der Waals surface area contributed by atoms with E-state index in [2.05, 4.69) is 91.0 Å². The van der Waals surface area contributed by atoms with Crippen LogP contribution in [0.15, 0.2) is 91.0 Å². The van der Waals surface area contributed by atoms with E-state index in [1.54, 1.807) is 0 Å². The Hall–Kier alpha value is -2.58. The van der Waals surface area contributed by atoms with Crippen LogP contribution < -0.4 is 0 Å². The Morgan fingerprint density at radius 2 is 1.07 bits per heavy atom. The number of benzene rings is 3. The van der Waals surface area contributed by atoms with Crippen molar-refractivity contribution in [2.75, 3.05) is 6.61 Å². The molecule has 3 aromatic rings. The molecule has 2 spiro atoms. The summed E-state index contributed by atoms with van der Waals surface area (Å²) < 4.78 is 41.3. The van der Waals surface area contributed by atoms with Crippen molar-refractivity contribution >= 4 is 0 Å². The normalized spacial score (nSPS) is 31.4. The highest BCUT2D eigenvalue weighted by molar-refractivity contribution is 5.47. The van der Waals surface area contributed by atoms with Crippen molar-refractivity contribution in [2.45, 2.75) is 112 Å². The van der Waals surface area contributed by atoms with Crippen LogP contribution >= 0.6 is 0 Å². The van der Waals surface area contributed by atoms with E-state index < -0.39 is 35.7 Å². The summed E-state index contributed by atoms with van der Waals surface area (Å²) in [4.78, 5) is 0. The molecule has 5 unspecified atom stereocenters. The minimum atomic E-state index is -0.918. The first kappa shape index (κ1) is 27.9. The zero-order valence-corrected chi connectivity index (χ0v) is 24.8. The van der Waals surface area contributed by atoms with Crippen molar-refractivity contribution in [3.63, 3.8) is 0 Å². The Labute approximate surface area is 254 Å². The maximum absolute atomic E-state index is 7.64. The average Bonchev–Trinajstić information content (AvgIpc) is 3.73. The van der Waals surface area contributed by atoms with Crippen molar-refractivity contribution in [1.82, 2.24) is 0 Å². The number of ether oxygens (including phenoxy) is 6. The summed E-state index contributed by atoms with van der Waals surface area (Å²) >= 11 is 0. The Balaban J connectivity index is 1.22. The Morgan fingerprint density at radius 1 is 0.558 bits per heavy atom. The Morgan fingerprint density at radius 3 is 1.60 bits per heavy atom. The van der Waals surface area contributed by atoms with Crippen molar-refractivity contribution in [3.8, 4) is 0 Å². The van der Waals surface area contributed by atoms with Crippen LogP contribution in [0.1, 0.15) is 80.9 Å². The molecule has 6 nitrogen and oxygen atoms in total. The predicted octanol–water partition coefficient (Wildman–Crippen LogP) is 7.24. The SMILES string of the molecule is c1ccc(C(OC2C(C3COC4(CCCCC4)O3)OC3OC4(CCCCC4)OC32)(c2ccccc2)c2ccccc2)cc1. The van der Waals surface area contributed by atoms with Gasteiger partial charge in [-0.05, 0) is 42.4 Å². The molecule has 3 saturated heterocycles. The highest BCUT2D eigenvalue weighted by atomic mass is 16.9. The first-order valence-electron chi connectivity index (χ1n) is 16.4. The van der Waals surface area contributed by atoms with Gasteiger partial charge in [-0.25, -0.2) is 0 Å². The summed E-state index contributed by atoms with van der Waals surface area (Å²) in [6, 6.07) is 31.6. The fraction of sp³-hybridized carbons (Fsp3) is 0.514. The van der Waals surface area contributed by atoms with Crippen LogP contribution in [0.25, 0.3) is 0 Å². The van der Waals surface area contributed by atoms with E-state index in [0.717, 1.165) is 68.1 Å². The van der Waals surface area contributed by atoms with Gasteiger partial charge < -0.3 is 28.4 Å². The fourth-order valence-corrected chi connectivity index (χ4v) is 8.14. The summed E-state index contributed by atoms with van der Waals surface area (Å²) in [6.07, 6.45) is 8.45. The molecule has 0 amide bonds. The zero-order valence-electron chi connectivity index (χ0n) is 24.8. The summed E-state index contributed by atoms with van der Waals surface area (Å²) in [5.74, 6) is -1.12. The van der Waals surface area contributed by atoms with E-state index in [1.165, 1.54) is 12.8 Å². The van der Waals surface area contributed by atoms with Gasteiger partial charge in [-0.2, -0.15) is 0 Å². The number of fused-ring (bicyclic) bond motifs is 1. The molecule has 226 valence electrons. The third-order valence-corrected chi connectivity index (χ3v) is 10.2. The lowest BCUT2D eigenvalue weighted by Gasteiger charge is -2.41. The molecule has 2 aliphatic carbocycles. The molecule has 5 fully saturated rings. The Kier molecular flexibility index (Phi) is 7.41. The van der Waals surface area contributed by atoms with Crippen LogP contribution in [0.2, 0.25) is 0 Å². The zero-order chi connectivity index (χ0) is 28.7. The number of hydrogen-bond acceptors (Lipinski definition) is 6. The summed E-state index contributed by atoms with van der Waals surface area (Å²) in [5.41, 5.74) is 2.23. The van der Waals surface area contributed by atoms with Gasteiger partial charge in [0.25, 0.3) is 0 Å². The molecule has 3 aliphatic heterocycles. The average molecular weight is 583 g/mol. The number of hydrogen-bond donors (Lipinski definition) is 0. The number of rotatable bonds is 6. The van der Waals surface area contributed by atoms with Crippen LogP contribution in [0, 0.1) is 0 Å². The minimum absolute atomic E-state index is 0.275. The van der Waals surface area contributed by atoms with E-state index in [-0.39, 0.29) is 12.2 Å². The highest BCUT2D eigenvalue weighted by Crippen LogP contribution is 2.51. The van der Waals surface area contributed by atoms with Gasteiger partial charge in [0.2, 0.25) is 0 Å². The monoisotopic (exact) mass is 582 g/mol. The second-order valence-corrected chi connectivity index (χ2v) is 12.9. The van der Waals surface area contributed by atoms with Crippen LogP contribution in [0.3, 0.4) is 0 Å². The highest BCUT2D eigenvalue weighted by Gasteiger charge is 2.63. The molecule has 0 aromatic heterocycles. The van der Waals surface area contributed by atoms with E-state index in [1.807, 2.05) is 0 Å². The third-order valence-electron chi connectivity index (χ3n) is 10.2. The molecule has 0 bridgehead atoms. The maximum atomic E-state index is 7.64. The molecule has 43 heavy (non-hydrogen) atoms. The van der Waals surface area contributed by atoms with Gasteiger partial charge in [0, 0.05) is 25.7 Å². The van der Waals surface area contributed by atoms with Crippen LogP contribution in [-0.4, -0.2) is 48.9 Å². The van der Waals surface area contributed by atoms with Gasteiger partial charge in [0.05, 0.1) is 6.61 Å². The van der Waals surface area contributed by atoms with Gasteiger partial charge in [-0.3, -0.25) is 0 Å². The quantitative estimate of drug-likeness (QED) is 0.286. The molecular weight excluding hydrogens is 540 g/mol. The minimum Gasteiger partial charge on any atom is -0.352 e. The van der Waals surface area contributed by atoms with Crippen molar-refractivity contribution in [2.24, 2.45) is 0 Å². The molecule has 5 atom stereocenters. The first-order chi connectivity index (χ1) is 21.2. The second-order valence-electron chi connectivity index (χ2n) is 12.9. The lowest BCUT2D eigenvalue weighted by Crippen LogP contribution is -2.50. The first-order valence-corrected chi connectivity index (χ1v) is 16.4. The van der Waals surface area contributed by atoms with Crippen molar-refractivity contribution in [3.05, 3.63) is 108 Å². The van der Waals surface area contributed by atoms with Crippen molar-refractivity contribution < 1.29 is 28.4 Å². The van der Waals surface area contributed by atoms with Crippen molar-refractivity contribution in [1.29, 1.82) is 0 Å². The predicted molar refractivity (Wildman–Crippen MR) is 161 cm³/mol. The van der Waals surface area contributed by atoms with E-state index in [0.29, 0.717) is 6.61 Å². The lowest BCUT2D eigenvalue weighted by molar-refractivity contribution is -0.267. The third kappa shape index (κ3) is 4.97. The fourth-order valence-electron chi connectivity index (χ4n) is 8.14. The molecule has 6 heteroatoms. The summed E-state index contributed by atoms with van der Waals surface area (Å²) in [6.45, 7) is 0.476. The lowest BCUT2D eigenvalue weighted by atomic mass is 9.79. The van der Waals surface area contributed by atoms with Gasteiger partial charge >= 0.3 is 0 Å². The smallest absolute Gasteiger partial charge is 0.190 e. The maximum Gasteiger partial charge on any atom is 0.190 e. The molecule has 0 radical (unpaired) electrons. The van der Waals surface area contributed by atoms with Gasteiger partial charge in [0.15, 0.2) is 17.9 Å². The van der Waals surface area contributed by atoms with E-state index >= 15 is 0 Å². The molecule has 3 aromatic carbocycles. The summed E-state index contributed by atoms with van der Waals surface area (Å²) in [7, 11) is 0. The molecule has 3 heterocycles. The molecule has 8 rings (SSSR count). The standard InChI is InChI=1S/C37H42O6/c1-6-16-27(17-7-1)37(28-18-8-2-9-19-28,29-20-10-3-11-21-29)42-32-31(30-26-38-35(40-30)22-12-4-13-23-35)39-34-33(32)41-36(43-34)24-14-5-15-25-36/h1-3,6-11,16-21,30-34H,4-5,12-15,22-26H2. The molecule has 5 aliphatic rings. The topological polar surface area (TPSA) is 55.4 Å².